The first-order valence-corrected chi connectivity index (χ1v) is 27.2. The van der Waals surface area contributed by atoms with E-state index in [1.54, 1.807) is 31.4 Å². The highest BCUT2D eigenvalue weighted by atomic mass is 32.2. The van der Waals surface area contributed by atoms with Crippen molar-refractivity contribution in [3.63, 3.8) is 0 Å². The zero-order chi connectivity index (χ0) is 58.3. The second-order valence-electron chi connectivity index (χ2n) is 23.1. The van der Waals surface area contributed by atoms with E-state index >= 15 is 0 Å². The number of ether oxygens (including phenoxy) is 2. The van der Waals surface area contributed by atoms with Crippen molar-refractivity contribution in [2.75, 3.05) is 33.3 Å². The number of thioether (sulfide) groups is 1. The molecule has 0 heterocycles. The molecule has 0 aliphatic carbocycles. The van der Waals surface area contributed by atoms with E-state index in [0.29, 0.717) is 19.6 Å². The maximum atomic E-state index is 12.8. The summed E-state index contributed by atoms with van der Waals surface area (Å²) in [6, 6.07) is 20.1. The van der Waals surface area contributed by atoms with Gasteiger partial charge >= 0.3 is 18.0 Å². The summed E-state index contributed by atoms with van der Waals surface area (Å²) in [7, 11) is 1.72. The molecule has 432 valence electrons. The second kappa shape index (κ2) is 31.6. The van der Waals surface area contributed by atoms with Gasteiger partial charge in [-0.05, 0) is 230 Å². The molecule has 0 aromatic heterocycles. The van der Waals surface area contributed by atoms with E-state index in [-0.39, 0.29) is 44.1 Å². The van der Waals surface area contributed by atoms with Crippen LogP contribution < -0.4 is 32.4 Å². The molecular weight excluding hydrogens is 1010 g/mol. The lowest BCUT2D eigenvalue weighted by molar-refractivity contribution is -0.274. The molecule has 0 aliphatic heterocycles. The normalized spacial score (nSPS) is 12.4. The van der Waals surface area contributed by atoms with Crippen LogP contribution in [0.5, 0.6) is 11.5 Å². The summed E-state index contributed by atoms with van der Waals surface area (Å²) in [6.07, 6.45) is 2.37. The van der Waals surface area contributed by atoms with Gasteiger partial charge in [0.05, 0.1) is 12.7 Å². The van der Waals surface area contributed by atoms with Crippen LogP contribution in [0.2, 0.25) is 0 Å². The van der Waals surface area contributed by atoms with Crippen LogP contribution in [0.4, 0.5) is 39.5 Å². The second-order valence-corrected chi connectivity index (χ2v) is 24.2. The Morgan fingerprint density at radius 3 is 1.13 bits per heavy atom. The van der Waals surface area contributed by atoms with Gasteiger partial charge in [-0.3, -0.25) is 0 Å². The molecule has 4 rings (SSSR count). The van der Waals surface area contributed by atoms with E-state index in [1.165, 1.54) is 35.4 Å². The third-order valence-electron chi connectivity index (χ3n) is 12.2. The molecule has 16 heteroatoms. The number of rotatable bonds is 19. The fraction of sp³-hybridized carbons (Fsp3) is 0.600. The molecule has 0 saturated carbocycles. The molecule has 0 amide bonds. The van der Waals surface area contributed by atoms with E-state index in [1.807, 2.05) is 74.4 Å². The summed E-state index contributed by atoms with van der Waals surface area (Å²) in [5, 5.41) is 0. The minimum Gasteiger partial charge on any atom is -0.497 e. The van der Waals surface area contributed by atoms with Gasteiger partial charge in [-0.25, -0.2) is 0 Å². The number of unbranched alkanes of at least 4 members (excludes halogenated alkanes) is 4. The van der Waals surface area contributed by atoms with Crippen LogP contribution in [0, 0.1) is 0 Å². The molecule has 0 spiro atoms. The molecule has 6 nitrogen and oxygen atoms in total. The third-order valence-corrected chi connectivity index (χ3v) is 12.9. The van der Waals surface area contributed by atoms with E-state index in [2.05, 4.69) is 37.6 Å². The smallest absolute Gasteiger partial charge is 0.497 e. The molecule has 0 unspecified atom stereocenters. The summed E-state index contributed by atoms with van der Waals surface area (Å²) in [5.41, 5.74) is 25.3. The lowest BCUT2D eigenvalue weighted by Crippen LogP contribution is -2.19. The predicted octanol–water partition coefficient (Wildman–Crippen LogP) is 16.6. The molecule has 0 bridgehead atoms. The molecule has 0 saturated heterocycles. The summed E-state index contributed by atoms with van der Waals surface area (Å²) < 4.78 is 122. The number of hydrogen-bond donors (Lipinski definition) is 4. The molecule has 0 fully saturated rings. The van der Waals surface area contributed by atoms with E-state index in [0.717, 1.165) is 123 Å². The Balaban J connectivity index is 0.000000508. The number of benzene rings is 4. The minimum absolute atomic E-state index is 0.0519. The van der Waals surface area contributed by atoms with Crippen molar-refractivity contribution in [1.82, 2.24) is 0 Å². The van der Waals surface area contributed by atoms with Crippen LogP contribution in [-0.4, -0.2) is 45.2 Å². The van der Waals surface area contributed by atoms with Gasteiger partial charge in [0.15, 0.2) is 0 Å². The number of methoxy groups -OCH3 is 1. The Morgan fingerprint density at radius 1 is 0.395 bits per heavy atom. The van der Waals surface area contributed by atoms with Gasteiger partial charge in [-0.15, -0.1) is 13.2 Å². The molecule has 8 N–H and O–H groups in total. The zero-order valence-electron chi connectivity index (χ0n) is 47.7. The van der Waals surface area contributed by atoms with E-state index < -0.39 is 23.6 Å². The fourth-order valence-corrected chi connectivity index (χ4v) is 9.06. The Bertz CT molecular complexity index is 2200. The van der Waals surface area contributed by atoms with Crippen molar-refractivity contribution in [2.45, 2.75) is 205 Å². The SMILES string of the molecule is CC(C)(C)c1cc(C(F)(F)F)ccc1CCCCN.CC(C)(C)c1cc(OC(F)(F)F)ccc1CCCCN.CC(C)(C)c1cc(SC(F)(F)F)ccc1CCCCN.COc1ccc(C(C)(C)C)c(CCCCN)c1. The Hall–Kier alpha value is -3.96. The number of halogens is 9. The molecule has 0 aliphatic rings. The van der Waals surface area contributed by atoms with Crippen LogP contribution in [0.3, 0.4) is 0 Å². The first-order chi connectivity index (χ1) is 34.9. The van der Waals surface area contributed by atoms with Gasteiger partial charge in [0, 0.05) is 4.90 Å². The van der Waals surface area contributed by atoms with Crippen LogP contribution in [0.25, 0.3) is 0 Å². The van der Waals surface area contributed by atoms with Gasteiger partial charge in [0.2, 0.25) is 0 Å². The van der Waals surface area contributed by atoms with Crippen LogP contribution in [0.15, 0.2) is 77.7 Å². The summed E-state index contributed by atoms with van der Waals surface area (Å²) in [5.74, 6) is 0.783. The van der Waals surface area contributed by atoms with Crippen molar-refractivity contribution in [2.24, 2.45) is 22.9 Å². The largest absolute Gasteiger partial charge is 0.573 e. The van der Waals surface area contributed by atoms with Crippen molar-refractivity contribution < 1.29 is 49.0 Å². The monoisotopic (exact) mass is 1100 g/mol. The number of aryl methyl sites for hydroxylation is 4. The maximum absolute atomic E-state index is 12.8. The van der Waals surface area contributed by atoms with Crippen molar-refractivity contribution in [1.29, 1.82) is 0 Å². The fourth-order valence-electron chi connectivity index (χ4n) is 8.48. The van der Waals surface area contributed by atoms with Crippen LogP contribution in [0.1, 0.15) is 185 Å². The molecule has 0 radical (unpaired) electrons. The Labute approximate surface area is 454 Å². The number of hydrogen-bond acceptors (Lipinski definition) is 7. The molecule has 4 aromatic rings. The first kappa shape index (κ1) is 70.1. The first-order valence-electron chi connectivity index (χ1n) is 26.4. The van der Waals surface area contributed by atoms with Gasteiger partial charge in [-0.2, -0.15) is 26.3 Å². The number of alkyl halides is 9. The average molecular weight is 1100 g/mol. The van der Waals surface area contributed by atoms with Crippen LogP contribution in [-0.2, 0) is 53.5 Å². The topological polar surface area (TPSA) is 123 Å². The number of nitrogens with two attached hydrogens (primary N) is 4. The predicted molar refractivity (Wildman–Crippen MR) is 299 cm³/mol. The maximum Gasteiger partial charge on any atom is 0.573 e. The average Bonchev–Trinajstić information content (AvgIpc) is 3.28. The lowest BCUT2D eigenvalue weighted by atomic mass is 9.81. The van der Waals surface area contributed by atoms with Crippen molar-refractivity contribution in [3.05, 3.63) is 123 Å². The Morgan fingerprint density at radius 2 is 0.763 bits per heavy atom. The highest BCUT2D eigenvalue weighted by Crippen LogP contribution is 2.40. The molecule has 4 aromatic carbocycles. The summed E-state index contributed by atoms with van der Waals surface area (Å²) in [6.45, 7) is 27.2. The van der Waals surface area contributed by atoms with E-state index in [9.17, 15) is 39.5 Å². The highest BCUT2D eigenvalue weighted by molar-refractivity contribution is 8.00. The van der Waals surface area contributed by atoms with Crippen molar-refractivity contribution in [3.8, 4) is 11.5 Å². The third kappa shape index (κ3) is 27.6. The summed E-state index contributed by atoms with van der Waals surface area (Å²) in [4.78, 5) is 0.255. The van der Waals surface area contributed by atoms with Crippen molar-refractivity contribution >= 4 is 11.8 Å². The Kier molecular flexibility index (Phi) is 29.1. The van der Waals surface area contributed by atoms with Gasteiger partial charge in [0.1, 0.15) is 11.5 Å². The zero-order valence-corrected chi connectivity index (χ0v) is 48.5. The quantitative estimate of drug-likeness (QED) is 0.0419. The molecule has 76 heavy (non-hydrogen) atoms. The van der Waals surface area contributed by atoms with Crippen LogP contribution >= 0.6 is 11.8 Å². The standard InChI is InChI=1S/C15H22F3NO.C15H22F3NS.C15H22F3N.C15H25NO/c2*1-14(2,3)13-10-12(20-15(16,17)18)8-7-11(13)6-4-5-9-19;1-14(2,3)13-10-12(15(16,17)18)8-7-11(13)6-4-5-9-19;1-15(2,3)14-9-8-13(17-4)11-12(14)7-5-6-10-16/h2*7-8,10H,4-6,9,19H2,1-3H3;7-8,10H,4-6,9,19H2,1-3H3;8-9,11H,5-7,10,16H2,1-4H3. The highest BCUT2D eigenvalue weighted by Gasteiger charge is 2.34. The molecular formula is C60H91F9N4O2S. The van der Waals surface area contributed by atoms with E-state index in [4.69, 9.17) is 27.7 Å². The van der Waals surface area contributed by atoms with Gasteiger partial charge in [0.25, 0.3) is 0 Å². The lowest BCUT2D eigenvalue weighted by Gasteiger charge is -2.24. The summed E-state index contributed by atoms with van der Waals surface area (Å²) >= 11 is -0.0519. The van der Waals surface area contributed by atoms with Gasteiger partial charge in [-0.1, -0.05) is 107 Å². The molecule has 0 atom stereocenters. The minimum atomic E-state index is -4.66. The van der Waals surface area contributed by atoms with Gasteiger partial charge < -0.3 is 32.4 Å².